The van der Waals surface area contributed by atoms with Crippen molar-refractivity contribution in [3.8, 4) is 0 Å². The summed E-state index contributed by atoms with van der Waals surface area (Å²) in [6.45, 7) is 3.13. The maximum atomic E-state index is 13.2. The third-order valence-electron chi connectivity index (χ3n) is 6.65. The van der Waals surface area contributed by atoms with Gasteiger partial charge >= 0.3 is 5.97 Å². The van der Waals surface area contributed by atoms with Gasteiger partial charge in [-0.1, -0.05) is 62.4 Å². The van der Waals surface area contributed by atoms with Gasteiger partial charge in [0.1, 0.15) is 17.8 Å². The molecular formula is C30H29N3O5S. The minimum absolute atomic E-state index is 0.121. The van der Waals surface area contributed by atoms with Crippen molar-refractivity contribution in [1.82, 2.24) is 10.3 Å². The van der Waals surface area contributed by atoms with E-state index in [1.807, 2.05) is 73.8 Å². The van der Waals surface area contributed by atoms with Crippen molar-refractivity contribution in [2.45, 2.75) is 38.8 Å². The molecule has 5 rings (SSSR count). The number of carbonyl (C=O) groups is 3. The van der Waals surface area contributed by atoms with E-state index in [4.69, 9.17) is 9.15 Å². The number of hydrogen-bond acceptors (Lipinski definition) is 7. The first-order valence-corrected chi connectivity index (χ1v) is 13.7. The van der Waals surface area contributed by atoms with E-state index < -0.39 is 30.6 Å². The van der Waals surface area contributed by atoms with Gasteiger partial charge in [0.2, 0.25) is 5.91 Å². The Balaban J connectivity index is 1.23. The van der Waals surface area contributed by atoms with Gasteiger partial charge in [0.05, 0.1) is 23.3 Å². The number of ether oxygens (including phenoxy) is 1. The smallest absolute Gasteiger partial charge is 0.329 e. The average molecular weight is 544 g/mol. The van der Waals surface area contributed by atoms with Gasteiger partial charge in [0.25, 0.3) is 5.91 Å². The van der Waals surface area contributed by atoms with Gasteiger partial charge < -0.3 is 14.5 Å². The van der Waals surface area contributed by atoms with Crippen LogP contribution in [-0.4, -0.2) is 41.2 Å². The third-order valence-corrected chi connectivity index (χ3v) is 7.57. The summed E-state index contributed by atoms with van der Waals surface area (Å²) in [7, 11) is 0. The number of carbonyl (C=O) groups excluding carboxylic acids is 3. The van der Waals surface area contributed by atoms with E-state index in [1.165, 1.54) is 5.01 Å². The number of thiophene rings is 1. The lowest BCUT2D eigenvalue weighted by atomic mass is 10.0. The molecule has 8 nitrogen and oxygen atoms in total. The normalized spacial score (nSPS) is 15.8. The van der Waals surface area contributed by atoms with Crippen LogP contribution in [0.1, 0.15) is 42.5 Å². The highest BCUT2D eigenvalue weighted by Crippen LogP contribution is 2.34. The SMILES string of the molecule is CC(C)[C@H](NC(=O)Cc1cccc2ccccc12)C(=O)OCC(=O)N1N=C(c2cccs2)C[C@@H]1c1ccco1. The van der Waals surface area contributed by atoms with Crippen molar-refractivity contribution in [3.63, 3.8) is 0 Å². The lowest BCUT2D eigenvalue weighted by Crippen LogP contribution is -2.46. The Morgan fingerprint density at radius 2 is 1.90 bits per heavy atom. The number of nitrogens with zero attached hydrogens (tertiary/aromatic N) is 2. The summed E-state index contributed by atoms with van der Waals surface area (Å²) >= 11 is 1.54. The second-order valence-corrected chi connectivity index (χ2v) is 10.7. The molecule has 200 valence electrons. The molecule has 0 saturated carbocycles. The van der Waals surface area contributed by atoms with E-state index in [-0.39, 0.29) is 18.2 Å². The number of fused-ring (bicyclic) bond motifs is 1. The van der Waals surface area contributed by atoms with Gasteiger partial charge in [-0.3, -0.25) is 9.59 Å². The highest BCUT2D eigenvalue weighted by atomic mass is 32.1. The number of rotatable bonds is 9. The number of benzene rings is 2. The molecule has 0 fully saturated rings. The minimum Gasteiger partial charge on any atom is -0.467 e. The first kappa shape index (κ1) is 26.4. The lowest BCUT2D eigenvalue weighted by molar-refractivity contribution is -0.156. The second kappa shape index (κ2) is 11.7. The van der Waals surface area contributed by atoms with E-state index in [1.54, 1.807) is 29.7 Å². The first-order valence-electron chi connectivity index (χ1n) is 12.8. The molecule has 0 spiro atoms. The van der Waals surface area contributed by atoms with Crippen molar-refractivity contribution in [3.05, 3.63) is 94.6 Å². The maximum Gasteiger partial charge on any atom is 0.329 e. The molecule has 0 saturated heterocycles. The van der Waals surface area contributed by atoms with E-state index in [9.17, 15) is 14.4 Å². The Kier molecular flexibility index (Phi) is 7.88. The fraction of sp³-hybridized carbons (Fsp3) is 0.267. The predicted molar refractivity (Wildman–Crippen MR) is 149 cm³/mol. The zero-order valence-corrected chi connectivity index (χ0v) is 22.5. The van der Waals surface area contributed by atoms with Crippen LogP contribution in [0.5, 0.6) is 0 Å². The minimum atomic E-state index is -0.898. The topological polar surface area (TPSA) is 101 Å². The molecule has 9 heteroatoms. The summed E-state index contributed by atoms with van der Waals surface area (Å²) in [6, 6.07) is 19.8. The highest BCUT2D eigenvalue weighted by molar-refractivity contribution is 7.12. The summed E-state index contributed by atoms with van der Waals surface area (Å²) in [4.78, 5) is 40.1. The molecule has 0 aliphatic carbocycles. The second-order valence-electron chi connectivity index (χ2n) is 9.71. The van der Waals surface area contributed by atoms with Crippen molar-refractivity contribution >= 4 is 45.6 Å². The fourth-order valence-corrected chi connectivity index (χ4v) is 5.39. The molecule has 2 amide bonds. The lowest BCUT2D eigenvalue weighted by Gasteiger charge is -2.23. The van der Waals surface area contributed by atoms with E-state index in [0.29, 0.717) is 12.2 Å². The van der Waals surface area contributed by atoms with Crippen molar-refractivity contribution in [1.29, 1.82) is 0 Å². The fourth-order valence-electron chi connectivity index (χ4n) is 4.67. The van der Waals surface area contributed by atoms with Crippen LogP contribution < -0.4 is 5.32 Å². The maximum absolute atomic E-state index is 13.2. The number of amides is 2. The Bertz CT molecular complexity index is 1490. The van der Waals surface area contributed by atoms with Crippen LogP contribution in [0.3, 0.4) is 0 Å². The molecule has 0 unspecified atom stereocenters. The molecule has 1 aliphatic rings. The number of furan rings is 1. The highest BCUT2D eigenvalue weighted by Gasteiger charge is 2.36. The summed E-state index contributed by atoms with van der Waals surface area (Å²) in [5.41, 5.74) is 1.64. The van der Waals surface area contributed by atoms with Gasteiger partial charge in [0.15, 0.2) is 6.61 Å². The quantitative estimate of drug-likeness (QED) is 0.296. The van der Waals surface area contributed by atoms with Gasteiger partial charge in [-0.05, 0) is 45.8 Å². The van der Waals surface area contributed by atoms with Crippen LogP contribution >= 0.6 is 11.3 Å². The van der Waals surface area contributed by atoms with Crippen molar-refractivity contribution in [2.24, 2.45) is 11.0 Å². The molecule has 2 atom stereocenters. The predicted octanol–water partition coefficient (Wildman–Crippen LogP) is 5.10. The van der Waals surface area contributed by atoms with Crippen LogP contribution in [0.4, 0.5) is 0 Å². The molecule has 0 radical (unpaired) electrons. The van der Waals surface area contributed by atoms with E-state index in [0.717, 1.165) is 26.9 Å². The summed E-state index contributed by atoms with van der Waals surface area (Å²) in [5, 5.41) is 12.6. The molecule has 39 heavy (non-hydrogen) atoms. The molecular weight excluding hydrogens is 514 g/mol. The molecule has 2 aromatic heterocycles. The Labute approximate surface area is 230 Å². The average Bonchev–Trinajstić information content (AvgIpc) is 3.72. The molecule has 1 aliphatic heterocycles. The van der Waals surface area contributed by atoms with Crippen LogP contribution in [0.2, 0.25) is 0 Å². The van der Waals surface area contributed by atoms with Gasteiger partial charge in [-0.15, -0.1) is 11.3 Å². The summed E-state index contributed by atoms with van der Waals surface area (Å²) in [5.74, 6) is -1.07. The standard InChI is InChI=1S/C30H29N3O5S/c1-19(2)29(31-27(34)16-21-10-5-9-20-8-3-4-11-22(20)21)30(36)38-18-28(35)33-24(25-12-6-14-37-25)17-23(32-33)26-13-7-15-39-26/h3-15,19,24,29H,16-18H2,1-2H3,(H,31,34)/t24-,29+/m1/s1. The zero-order chi connectivity index (χ0) is 27.4. The third kappa shape index (κ3) is 5.93. The molecule has 4 aromatic rings. The van der Waals surface area contributed by atoms with Crippen LogP contribution in [0.15, 0.2) is 87.9 Å². The summed E-state index contributed by atoms with van der Waals surface area (Å²) < 4.78 is 11.0. The number of hydrogen-bond donors (Lipinski definition) is 1. The van der Waals surface area contributed by atoms with Crippen LogP contribution in [0, 0.1) is 5.92 Å². The Morgan fingerprint density at radius 1 is 1.08 bits per heavy atom. The van der Waals surface area contributed by atoms with E-state index >= 15 is 0 Å². The molecule has 0 bridgehead atoms. The van der Waals surface area contributed by atoms with Gasteiger partial charge in [-0.25, -0.2) is 9.80 Å². The number of esters is 1. The van der Waals surface area contributed by atoms with Crippen LogP contribution in [-0.2, 0) is 25.5 Å². The van der Waals surface area contributed by atoms with Crippen molar-refractivity contribution < 1.29 is 23.5 Å². The Morgan fingerprint density at radius 3 is 2.64 bits per heavy atom. The summed E-state index contributed by atoms with van der Waals surface area (Å²) in [6.07, 6.45) is 2.16. The van der Waals surface area contributed by atoms with Gasteiger partial charge in [-0.2, -0.15) is 5.10 Å². The number of nitrogens with one attached hydrogen (secondary N) is 1. The first-order chi connectivity index (χ1) is 18.9. The van der Waals surface area contributed by atoms with E-state index in [2.05, 4.69) is 10.4 Å². The molecule has 3 heterocycles. The largest absolute Gasteiger partial charge is 0.467 e. The van der Waals surface area contributed by atoms with Crippen molar-refractivity contribution in [2.75, 3.05) is 6.61 Å². The molecule has 2 aromatic carbocycles. The number of hydrazone groups is 1. The molecule has 1 N–H and O–H groups in total. The Hall–Kier alpha value is -4.24. The van der Waals surface area contributed by atoms with Gasteiger partial charge in [0, 0.05) is 6.42 Å². The monoisotopic (exact) mass is 543 g/mol. The van der Waals surface area contributed by atoms with Crippen LogP contribution in [0.25, 0.3) is 10.8 Å². The zero-order valence-electron chi connectivity index (χ0n) is 21.7.